The summed E-state index contributed by atoms with van der Waals surface area (Å²) in [7, 11) is 0. The zero-order valence-electron chi connectivity index (χ0n) is 15.2. The molecular formula is C19H22FN5O. The molecule has 0 N–H and O–H groups in total. The van der Waals surface area contributed by atoms with Crippen LogP contribution in [0.15, 0.2) is 24.3 Å². The van der Waals surface area contributed by atoms with Gasteiger partial charge in [0.15, 0.2) is 17.3 Å². The first-order valence-electron chi connectivity index (χ1n) is 8.89. The largest absolute Gasteiger partial charge is 0.490 e. The number of nitrogens with zero attached hydrogens (tertiary/aromatic N) is 5. The van der Waals surface area contributed by atoms with Gasteiger partial charge in [-0.3, -0.25) is 0 Å². The van der Waals surface area contributed by atoms with Crippen LogP contribution in [0.2, 0.25) is 0 Å². The van der Waals surface area contributed by atoms with Gasteiger partial charge in [-0.1, -0.05) is 0 Å². The van der Waals surface area contributed by atoms with Crippen LogP contribution in [0.4, 0.5) is 10.2 Å². The predicted octanol–water partition coefficient (Wildman–Crippen LogP) is 3.24. The maximum Gasteiger partial charge on any atom is 0.181 e. The molecule has 0 atom stereocenters. The third-order valence-electron chi connectivity index (χ3n) is 5.08. The number of benzene rings is 1. The van der Waals surface area contributed by atoms with Crippen molar-refractivity contribution in [2.45, 2.75) is 39.7 Å². The molecule has 0 spiro atoms. The van der Waals surface area contributed by atoms with Crippen LogP contribution in [0.25, 0.3) is 5.65 Å². The summed E-state index contributed by atoms with van der Waals surface area (Å²) in [4.78, 5) is 2.30. The fraction of sp³-hybridized carbons (Fsp3) is 0.421. The Kier molecular flexibility index (Phi) is 4.22. The zero-order valence-corrected chi connectivity index (χ0v) is 15.2. The van der Waals surface area contributed by atoms with Crippen LogP contribution in [0.5, 0.6) is 5.75 Å². The van der Waals surface area contributed by atoms with E-state index in [1.165, 1.54) is 12.1 Å². The molecular weight excluding hydrogens is 333 g/mol. The molecule has 7 heteroatoms. The third kappa shape index (κ3) is 2.98. The summed E-state index contributed by atoms with van der Waals surface area (Å²) in [5.74, 6) is 2.25. The summed E-state index contributed by atoms with van der Waals surface area (Å²) in [6, 6.07) is 6.22. The predicted molar refractivity (Wildman–Crippen MR) is 97.3 cm³/mol. The number of rotatable bonds is 3. The Hall–Kier alpha value is -2.70. The van der Waals surface area contributed by atoms with Gasteiger partial charge in [0.1, 0.15) is 17.7 Å². The fourth-order valence-corrected chi connectivity index (χ4v) is 3.41. The van der Waals surface area contributed by atoms with Crippen LogP contribution in [-0.2, 0) is 0 Å². The van der Waals surface area contributed by atoms with E-state index in [0.717, 1.165) is 60.1 Å². The molecule has 1 saturated heterocycles. The lowest BCUT2D eigenvalue weighted by Crippen LogP contribution is -2.39. The topological polar surface area (TPSA) is 55.5 Å². The Balaban J connectivity index is 1.49. The molecule has 0 radical (unpaired) electrons. The monoisotopic (exact) mass is 355 g/mol. The Morgan fingerprint density at radius 3 is 2.38 bits per heavy atom. The van der Waals surface area contributed by atoms with Crippen LogP contribution in [-0.4, -0.2) is 39.0 Å². The zero-order chi connectivity index (χ0) is 18.3. The standard InChI is InChI=1S/C19H22FN5O/c1-12-13(2)19(23-25-14(3)21-22-18(12)25)24-10-8-17(9-11-24)26-16-6-4-15(20)5-7-16/h4-7,17H,8-11H2,1-3H3. The molecule has 0 aliphatic carbocycles. The van der Waals surface area contributed by atoms with E-state index in [1.54, 1.807) is 12.1 Å². The summed E-state index contributed by atoms with van der Waals surface area (Å²) in [5.41, 5.74) is 3.07. The van der Waals surface area contributed by atoms with E-state index in [1.807, 2.05) is 11.4 Å². The molecule has 0 bridgehead atoms. The summed E-state index contributed by atoms with van der Waals surface area (Å²) >= 11 is 0. The van der Waals surface area contributed by atoms with Gasteiger partial charge < -0.3 is 9.64 Å². The van der Waals surface area contributed by atoms with E-state index < -0.39 is 0 Å². The van der Waals surface area contributed by atoms with E-state index in [9.17, 15) is 4.39 Å². The lowest BCUT2D eigenvalue weighted by atomic mass is 10.1. The van der Waals surface area contributed by atoms with E-state index in [2.05, 4.69) is 28.9 Å². The van der Waals surface area contributed by atoms with Crippen molar-refractivity contribution in [3.63, 3.8) is 0 Å². The van der Waals surface area contributed by atoms with Gasteiger partial charge in [-0.05, 0) is 45.0 Å². The van der Waals surface area contributed by atoms with Crippen molar-refractivity contribution in [3.8, 4) is 5.75 Å². The van der Waals surface area contributed by atoms with Gasteiger partial charge in [0.25, 0.3) is 0 Å². The number of hydrogen-bond donors (Lipinski definition) is 0. The summed E-state index contributed by atoms with van der Waals surface area (Å²) < 4.78 is 20.8. The third-order valence-corrected chi connectivity index (χ3v) is 5.08. The van der Waals surface area contributed by atoms with Crippen LogP contribution < -0.4 is 9.64 Å². The first-order chi connectivity index (χ1) is 12.5. The van der Waals surface area contributed by atoms with E-state index in [-0.39, 0.29) is 11.9 Å². The molecule has 26 heavy (non-hydrogen) atoms. The van der Waals surface area contributed by atoms with Gasteiger partial charge in [-0.2, -0.15) is 4.52 Å². The minimum Gasteiger partial charge on any atom is -0.490 e. The number of ether oxygens (including phenoxy) is 1. The average molecular weight is 355 g/mol. The van der Waals surface area contributed by atoms with Gasteiger partial charge in [0.2, 0.25) is 0 Å². The normalized spacial score (nSPS) is 15.6. The summed E-state index contributed by atoms with van der Waals surface area (Å²) in [6.07, 6.45) is 1.94. The second-order valence-corrected chi connectivity index (χ2v) is 6.81. The Morgan fingerprint density at radius 2 is 1.69 bits per heavy atom. The number of halogens is 1. The first-order valence-corrected chi connectivity index (χ1v) is 8.89. The Bertz CT molecular complexity index is 929. The molecule has 0 amide bonds. The number of aryl methyl sites for hydroxylation is 2. The molecule has 1 aliphatic rings. The lowest BCUT2D eigenvalue weighted by Gasteiger charge is -2.33. The summed E-state index contributed by atoms with van der Waals surface area (Å²) in [6.45, 7) is 7.79. The van der Waals surface area contributed by atoms with E-state index in [4.69, 9.17) is 9.84 Å². The first kappa shape index (κ1) is 16.8. The molecule has 6 nitrogen and oxygen atoms in total. The van der Waals surface area contributed by atoms with Crippen molar-refractivity contribution >= 4 is 11.5 Å². The maximum absolute atomic E-state index is 13.0. The molecule has 3 heterocycles. The molecule has 136 valence electrons. The van der Waals surface area contributed by atoms with Crippen LogP contribution in [0, 0.1) is 26.6 Å². The molecule has 0 saturated carbocycles. The molecule has 1 aromatic carbocycles. The van der Waals surface area contributed by atoms with E-state index in [0.29, 0.717) is 0 Å². The van der Waals surface area contributed by atoms with E-state index >= 15 is 0 Å². The SMILES string of the molecule is Cc1c(N2CCC(Oc3ccc(F)cc3)CC2)nn2c(C)nnc2c1C. The Morgan fingerprint density at radius 1 is 1.00 bits per heavy atom. The lowest BCUT2D eigenvalue weighted by molar-refractivity contribution is 0.170. The quantitative estimate of drug-likeness (QED) is 0.722. The van der Waals surface area contributed by atoms with Crippen molar-refractivity contribution in [2.75, 3.05) is 18.0 Å². The van der Waals surface area contributed by atoms with Gasteiger partial charge in [-0.15, -0.1) is 15.3 Å². The molecule has 4 rings (SSSR count). The van der Waals surface area contributed by atoms with Crippen LogP contribution in [0.1, 0.15) is 29.8 Å². The van der Waals surface area contributed by atoms with Crippen molar-refractivity contribution < 1.29 is 9.13 Å². The van der Waals surface area contributed by atoms with Crippen molar-refractivity contribution in [2.24, 2.45) is 0 Å². The number of anilines is 1. The highest BCUT2D eigenvalue weighted by Crippen LogP contribution is 2.27. The second kappa shape index (κ2) is 6.55. The second-order valence-electron chi connectivity index (χ2n) is 6.81. The maximum atomic E-state index is 13.0. The van der Waals surface area contributed by atoms with Gasteiger partial charge >= 0.3 is 0 Å². The molecule has 0 unspecified atom stereocenters. The minimum absolute atomic E-state index is 0.137. The van der Waals surface area contributed by atoms with Crippen LogP contribution in [0.3, 0.4) is 0 Å². The Labute approximate surface area is 151 Å². The van der Waals surface area contributed by atoms with Crippen molar-refractivity contribution in [1.29, 1.82) is 0 Å². The van der Waals surface area contributed by atoms with Crippen molar-refractivity contribution in [1.82, 2.24) is 19.8 Å². The number of piperidine rings is 1. The highest BCUT2D eigenvalue weighted by Gasteiger charge is 2.24. The highest BCUT2D eigenvalue weighted by atomic mass is 19.1. The molecule has 2 aromatic heterocycles. The van der Waals surface area contributed by atoms with Crippen molar-refractivity contribution in [3.05, 3.63) is 47.0 Å². The average Bonchev–Trinajstić information content (AvgIpc) is 3.02. The number of fused-ring (bicyclic) bond motifs is 1. The van der Waals surface area contributed by atoms with Gasteiger partial charge in [0.05, 0.1) is 0 Å². The minimum atomic E-state index is -0.247. The smallest absolute Gasteiger partial charge is 0.181 e. The van der Waals surface area contributed by atoms with Gasteiger partial charge in [-0.25, -0.2) is 4.39 Å². The fourth-order valence-electron chi connectivity index (χ4n) is 3.41. The highest BCUT2D eigenvalue weighted by molar-refractivity contribution is 5.59. The van der Waals surface area contributed by atoms with Gasteiger partial charge in [0, 0.05) is 37.1 Å². The molecule has 1 aliphatic heterocycles. The number of aromatic nitrogens is 4. The molecule has 1 fully saturated rings. The molecule has 3 aromatic rings. The number of hydrogen-bond acceptors (Lipinski definition) is 5. The summed E-state index contributed by atoms with van der Waals surface area (Å²) in [5, 5.41) is 13.1. The van der Waals surface area contributed by atoms with Crippen LogP contribution >= 0.6 is 0 Å².